The number of hydrogen-bond donors (Lipinski definition) is 1. The van der Waals surface area contributed by atoms with Crippen molar-refractivity contribution >= 4 is 6.08 Å². The molecule has 2 aliphatic heterocycles. The van der Waals surface area contributed by atoms with E-state index in [-0.39, 0.29) is 0 Å². The molecule has 0 aromatic carbocycles. The third kappa shape index (κ3) is 4.85. The molecule has 0 saturated carbocycles. The van der Waals surface area contributed by atoms with Crippen LogP contribution in [0.2, 0.25) is 0 Å². The molecule has 1 saturated heterocycles. The summed E-state index contributed by atoms with van der Waals surface area (Å²) in [6.07, 6.45) is 11.4. The lowest BCUT2D eigenvalue weighted by Gasteiger charge is -2.40. The molecule has 1 aliphatic carbocycles. The molecule has 0 amide bonds. The maximum absolute atomic E-state index is 5.22. The van der Waals surface area contributed by atoms with Crippen LogP contribution in [0.5, 0.6) is 0 Å². The van der Waals surface area contributed by atoms with E-state index in [0.717, 1.165) is 64.4 Å². The highest BCUT2D eigenvalue weighted by Crippen LogP contribution is 2.35. The van der Waals surface area contributed by atoms with Gasteiger partial charge in [0.2, 0.25) is 0 Å². The fourth-order valence-corrected chi connectivity index (χ4v) is 5.79. The number of hydrogen-bond acceptors (Lipinski definition) is 6. The third-order valence-electron chi connectivity index (χ3n) is 7.77. The lowest BCUT2D eigenvalue weighted by Crippen LogP contribution is -2.48. The first-order chi connectivity index (χ1) is 16.5. The predicted octanol–water partition coefficient (Wildman–Crippen LogP) is 3.45. The van der Waals surface area contributed by atoms with Crippen molar-refractivity contribution in [3.05, 3.63) is 52.9 Å². The SMILES string of the molecule is CC(C)NCc1c(CN(C)[C@H]2CCCc3cccnc32)nc2n1C(N1CCN(C)CC1)CC=C2. The van der Waals surface area contributed by atoms with E-state index < -0.39 is 0 Å². The quantitative estimate of drug-likeness (QED) is 0.679. The maximum Gasteiger partial charge on any atom is 0.134 e. The Kier molecular flexibility index (Phi) is 7.16. The molecule has 184 valence electrons. The number of imidazole rings is 1. The number of nitrogens with zero attached hydrogens (tertiary/aromatic N) is 6. The molecule has 2 atom stereocenters. The highest BCUT2D eigenvalue weighted by Gasteiger charge is 2.32. The Labute approximate surface area is 204 Å². The van der Waals surface area contributed by atoms with E-state index in [0.29, 0.717) is 18.2 Å². The number of likely N-dealkylation sites (N-methyl/N-ethyl adjacent to an activating group) is 1. The van der Waals surface area contributed by atoms with Crippen LogP contribution in [0.1, 0.15) is 73.8 Å². The number of aromatic nitrogens is 3. The van der Waals surface area contributed by atoms with E-state index in [1.165, 1.54) is 29.1 Å². The van der Waals surface area contributed by atoms with Gasteiger partial charge in [0.05, 0.1) is 29.3 Å². The molecule has 0 bridgehead atoms. The minimum Gasteiger partial charge on any atom is -0.310 e. The van der Waals surface area contributed by atoms with Gasteiger partial charge in [-0.3, -0.25) is 14.8 Å². The molecule has 7 heteroatoms. The van der Waals surface area contributed by atoms with Crippen LogP contribution < -0.4 is 5.32 Å². The summed E-state index contributed by atoms with van der Waals surface area (Å²) in [5, 5.41) is 3.69. The van der Waals surface area contributed by atoms with Gasteiger partial charge >= 0.3 is 0 Å². The van der Waals surface area contributed by atoms with Gasteiger partial charge in [-0.2, -0.15) is 0 Å². The molecular weight excluding hydrogens is 422 g/mol. The second-order valence-electron chi connectivity index (χ2n) is 10.6. The minimum absolute atomic E-state index is 0.360. The summed E-state index contributed by atoms with van der Waals surface area (Å²) in [6, 6.07) is 5.12. The molecule has 0 spiro atoms. The van der Waals surface area contributed by atoms with E-state index in [4.69, 9.17) is 9.97 Å². The van der Waals surface area contributed by atoms with Crippen LogP contribution in [-0.4, -0.2) is 75.6 Å². The van der Waals surface area contributed by atoms with Crippen LogP contribution in [0.4, 0.5) is 0 Å². The molecule has 3 aliphatic rings. The fourth-order valence-electron chi connectivity index (χ4n) is 5.79. The third-order valence-corrected chi connectivity index (χ3v) is 7.77. The molecule has 1 unspecified atom stereocenters. The molecule has 1 fully saturated rings. The largest absolute Gasteiger partial charge is 0.310 e. The molecule has 2 aromatic rings. The second kappa shape index (κ2) is 10.3. The summed E-state index contributed by atoms with van der Waals surface area (Å²) in [5.41, 5.74) is 5.23. The summed E-state index contributed by atoms with van der Waals surface area (Å²) >= 11 is 0. The molecule has 0 radical (unpaired) electrons. The van der Waals surface area contributed by atoms with E-state index in [1.807, 2.05) is 6.20 Å². The van der Waals surface area contributed by atoms with Crippen molar-refractivity contribution < 1.29 is 0 Å². The summed E-state index contributed by atoms with van der Waals surface area (Å²) in [4.78, 5) is 17.6. The average Bonchev–Trinajstić information content (AvgIpc) is 3.19. The molecule has 1 N–H and O–H groups in total. The average molecular weight is 464 g/mol. The lowest BCUT2D eigenvalue weighted by atomic mass is 9.91. The van der Waals surface area contributed by atoms with Crippen LogP contribution in [0.3, 0.4) is 0 Å². The Balaban J connectivity index is 1.44. The number of nitrogens with one attached hydrogen (secondary N) is 1. The summed E-state index contributed by atoms with van der Waals surface area (Å²) < 4.78 is 2.54. The first-order valence-corrected chi connectivity index (χ1v) is 13.1. The van der Waals surface area contributed by atoms with Gasteiger partial charge in [0.15, 0.2) is 0 Å². The standard InChI is InChI=1S/C27H41N7/c1-20(2)29-18-24-22(19-32(4)23-10-5-8-21-9-7-13-28-27(21)23)30-25-11-6-12-26(34(24)25)33-16-14-31(3)15-17-33/h6-7,9,11,13,20,23,26,29H,5,8,10,12,14-19H2,1-4H3/t23-,26?/m0/s1. The number of rotatable bonds is 7. The van der Waals surface area contributed by atoms with Crippen LogP contribution in [0.25, 0.3) is 6.08 Å². The smallest absolute Gasteiger partial charge is 0.134 e. The van der Waals surface area contributed by atoms with Gasteiger partial charge < -0.3 is 14.8 Å². The van der Waals surface area contributed by atoms with Crippen molar-refractivity contribution in [1.29, 1.82) is 0 Å². The van der Waals surface area contributed by atoms with E-state index in [9.17, 15) is 0 Å². The topological polar surface area (TPSA) is 52.5 Å². The van der Waals surface area contributed by atoms with Crippen molar-refractivity contribution in [2.24, 2.45) is 0 Å². The monoisotopic (exact) mass is 463 g/mol. The number of pyridine rings is 1. The van der Waals surface area contributed by atoms with Crippen molar-refractivity contribution in [2.45, 2.75) is 70.9 Å². The van der Waals surface area contributed by atoms with Crippen LogP contribution in [0, 0.1) is 0 Å². The highest BCUT2D eigenvalue weighted by molar-refractivity contribution is 5.46. The summed E-state index contributed by atoms with van der Waals surface area (Å²) in [7, 11) is 4.48. The van der Waals surface area contributed by atoms with Gasteiger partial charge in [0, 0.05) is 57.9 Å². The molecular formula is C27H41N7. The fraction of sp³-hybridized carbons (Fsp3) is 0.630. The van der Waals surface area contributed by atoms with Gasteiger partial charge in [-0.25, -0.2) is 4.98 Å². The molecule has 5 rings (SSSR count). The van der Waals surface area contributed by atoms with Crippen LogP contribution >= 0.6 is 0 Å². The lowest BCUT2D eigenvalue weighted by molar-refractivity contribution is 0.0740. The zero-order valence-electron chi connectivity index (χ0n) is 21.4. The van der Waals surface area contributed by atoms with Crippen molar-refractivity contribution in [3.63, 3.8) is 0 Å². The molecule has 2 aromatic heterocycles. The first-order valence-electron chi connectivity index (χ1n) is 13.1. The van der Waals surface area contributed by atoms with Gasteiger partial charge in [-0.15, -0.1) is 0 Å². The predicted molar refractivity (Wildman–Crippen MR) is 137 cm³/mol. The summed E-state index contributed by atoms with van der Waals surface area (Å²) in [6.45, 7) is 10.6. The second-order valence-corrected chi connectivity index (χ2v) is 10.6. The normalized spacial score (nSPS) is 23.5. The molecule has 34 heavy (non-hydrogen) atoms. The zero-order valence-corrected chi connectivity index (χ0v) is 21.4. The van der Waals surface area contributed by atoms with E-state index in [2.05, 4.69) is 76.8 Å². The first kappa shape index (κ1) is 23.7. The zero-order chi connectivity index (χ0) is 23.7. The van der Waals surface area contributed by atoms with Crippen LogP contribution in [0.15, 0.2) is 24.4 Å². The van der Waals surface area contributed by atoms with Crippen molar-refractivity contribution in [1.82, 2.24) is 34.6 Å². The van der Waals surface area contributed by atoms with E-state index in [1.54, 1.807) is 0 Å². The van der Waals surface area contributed by atoms with Gasteiger partial charge in [-0.05, 0) is 51.1 Å². The molecule has 7 nitrogen and oxygen atoms in total. The van der Waals surface area contributed by atoms with Gasteiger partial charge in [-0.1, -0.05) is 26.0 Å². The Morgan fingerprint density at radius 3 is 2.82 bits per heavy atom. The van der Waals surface area contributed by atoms with E-state index >= 15 is 0 Å². The number of aryl methyl sites for hydroxylation is 1. The van der Waals surface area contributed by atoms with Crippen molar-refractivity contribution in [2.75, 3.05) is 40.3 Å². The van der Waals surface area contributed by atoms with Crippen LogP contribution in [-0.2, 0) is 19.5 Å². The Bertz CT molecular complexity index is 1000. The Morgan fingerprint density at radius 1 is 1.21 bits per heavy atom. The minimum atomic E-state index is 0.360. The number of fused-ring (bicyclic) bond motifs is 2. The molecule has 4 heterocycles. The summed E-state index contributed by atoms with van der Waals surface area (Å²) in [5.74, 6) is 1.11. The van der Waals surface area contributed by atoms with Gasteiger partial charge in [0.1, 0.15) is 5.82 Å². The maximum atomic E-state index is 5.22. The highest BCUT2D eigenvalue weighted by atomic mass is 15.4. The van der Waals surface area contributed by atoms with Crippen molar-refractivity contribution in [3.8, 4) is 0 Å². The Hall–Kier alpha value is -2.06. The van der Waals surface area contributed by atoms with Gasteiger partial charge in [0.25, 0.3) is 0 Å². The number of piperazine rings is 1. The Morgan fingerprint density at radius 2 is 2.03 bits per heavy atom.